The van der Waals surface area contributed by atoms with E-state index in [1.54, 1.807) is 24.5 Å². The predicted molar refractivity (Wildman–Crippen MR) is 129 cm³/mol. The zero-order valence-corrected chi connectivity index (χ0v) is 19.5. The molecule has 1 aliphatic heterocycles. The molecule has 1 unspecified atom stereocenters. The van der Waals surface area contributed by atoms with Crippen LogP contribution >= 0.6 is 0 Å². The molecule has 4 aromatic rings. The summed E-state index contributed by atoms with van der Waals surface area (Å²) in [6.45, 7) is 5.47. The molecule has 2 aromatic carbocycles. The summed E-state index contributed by atoms with van der Waals surface area (Å²) in [5, 5.41) is 1.72. The monoisotopic (exact) mass is 462 g/mol. The fourth-order valence-electron chi connectivity index (χ4n) is 4.59. The van der Waals surface area contributed by atoms with E-state index in [1.165, 1.54) is 4.31 Å². The van der Waals surface area contributed by atoms with Gasteiger partial charge in [0.25, 0.3) is 0 Å². The van der Waals surface area contributed by atoms with Crippen LogP contribution in [0.15, 0.2) is 65.8 Å². The van der Waals surface area contributed by atoms with Crippen LogP contribution in [0, 0.1) is 6.92 Å². The summed E-state index contributed by atoms with van der Waals surface area (Å²) >= 11 is 0. The van der Waals surface area contributed by atoms with Gasteiger partial charge in [0.15, 0.2) is 5.78 Å². The Labute approximate surface area is 193 Å². The fourth-order valence-corrected chi connectivity index (χ4v) is 6.18. The van der Waals surface area contributed by atoms with Gasteiger partial charge < -0.3 is 4.98 Å². The Balaban J connectivity index is 1.33. The summed E-state index contributed by atoms with van der Waals surface area (Å²) in [5.74, 6) is 0.0392. The zero-order chi connectivity index (χ0) is 23.2. The van der Waals surface area contributed by atoms with Crippen molar-refractivity contribution in [2.75, 3.05) is 26.2 Å². The molecule has 0 bridgehead atoms. The predicted octanol–water partition coefficient (Wildman–Crippen LogP) is 3.60. The molecule has 2 aromatic heterocycles. The minimum Gasteiger partial charge on any atom is -0.360 e. The van der Waals surface area contributed by atoms with Crippen molar-refractivity contribution in [1.29, 1.82) is 0 Å². The Morgan fingerprint density at radius 1 is 1.06 bits per heavy atom. The molecule has 0 saturated carbocycles. The standard InChI is InChI=1S/C25H26N4O3S/c1-17-14-19-6-5-9-23(24(19)27-15-17)33(31,32)29-12-10-28(11-13-29)18(2)25(30)21-16-26-22-8-4-3-7-20(21)22/h3-9,14-16,18,26H,10-13H2,1-2H3. The highest BCUT2D eigenvalue weighted by Gasteiger charge is 2.33. The average molecular weight is 463 g/mol. The number of nitrogens with one attached hydrogen (secondary N) is 1. The van der Waals surface area contributed by atoms with Crippen molar-refractivity contribution >= 4 is 37.6 Å². The first-order valence-corrected chi connectivity index (χ1v) is 12.5. The van der Waals surface area contributed by atoms with Crippen LogP contribution in [0.5, 0.6) is 0 Å². The number of benzene rings is 2. The smallest absolute Gasteiger partial charge is 0.245 e. The fraction of sp³-hybridized carbons (Fsp3) is 0.280. The van der Waals surface area contributed by atoms with E-state index >= 15 is 0 Å². The highest BCUT2D eigenvalue weighted by atomic mass is 32.2. The maximum Gasteiger partial charge on any atom is 0.245 e. The second-order valence-electron chi connectivity index (χ2n) is 8.57. The van der Waals surface area contributed by atoms with Crippen LogP contribution in [0.4, 0.5) is 0 Å². The number of H-pyrrole nitrogens is 1. The summed E-state index contributed by atoms with van der Waals surface area (Å²) in [5.41, 5.74) is 3.08. The number of aryl methyl sites for hydroxylation is 1. The van der Waals surface area contributed by atoms with Gasteiger partial charge in [0.2, 0.25) is 10.0 Å². The highest BCUT2D eigenvalue weighted by molar-refractivity contribution is 7.89. The molecule has 1 saturated heterocycles. The molecule has 0 aliphatic carbocycles. The molecule has 0 spiro atoms. The second-order valence-corrected chi connectivity index (χ2v) is 10.5. The Morgan fingerprint density at radius 3 is 2.61 bits per heavy atom. The van der Waals surface area contributed by atoms with E-state index in [2.05, 4.69) is 14.9 Å². The number of aromatic nitrogens is 2. The Kier molecular flexibility index (Phi) is 5.52. The molecule has 1 atom stereocenters. The number of rotatable bonds is 5. The van der Waals surface area contributed by atoms with E-state index in [9.17, 15) is 13.2 Å². The maximum atomic E-state index is 13.4. The van der Waals surface area contributed by atoms with Gasteiger partial charge in [-0.3, -0.25) is 14.7 Å². The molecule has 7 nitrogen and oxygen atoms in total. The zero-order valence-electron chi connectivity index (χ0n) is 18.7. The van der Waals surface area contributed by atoms with Crippen molar-refractivity contribution in [2.24, 2.45) is 0 Å². The quantitative estimate of drug-likeness (QED) is 0.458. The first-order chi connectivity index (χ1) is 15.9. The van der Waals surface area contributed by atoms with E-state index in [-0.39, 0.29) is 16.7 Å². The summed E-state index contributed by atoms with van der Waals surface area (Å²) in [7, 11) is -3.69. The molecule has 33 heavy (non-hydrogen) atoms. The topological polar surface area (TPSA) is 86.4 Å². The molecule has 0 amide bonds. The Hall–Kier alpha value is -3.07. The molecule has 1 N–H and O–H groups in total. The van der Waals surface area contributed by atoms with Crippen molar-refractivity contribution in [3.63, 3.8) is 0 Å². The van der Waals surface area contributed by atoms with Crippen LogP contribution in [0.1, 0.15) is 22.8 Å². The van der Waals surface area contributed by atoms with Crippen LogP contribution < -0.4 is 0 Å². The van der Waals surface area contributed by atoms with Crippen LogP contribution in [0.2, 0.25) is 0 Å². The van der Waals surface area contributed by atoms with E-state index in [4.69, 9.17) is 0 Å². The third-order valence-electron chi connectivity index (χ3n) is 6.48. The van der Waals surface area contributed by atoms with Crippen molar-refractivity contribution in [2.45, 2.75) is 24.8 Å². The van der Waals surface area contributed by atoms with Crippen molar-refractivity contribution < 1.29 is 13.2 Å². The van der Waals surface area contributed by atoms with Gasteiger partial charge in [-0.05, 0) is 37.6 Å². The van der Waals surface area contributed by atoms with Gasteiger partial charge in [-0.1, -0.05) is 30.3 Å². The Morgan fingerprint density at radius 2 is 1.82 bits per heavy atom. The minimum atomic E-state index is -3.69. The number of carbonyl (C=O) groups excluding carboxylic acids is 1. The number of piperazine rings is 1. The average Bonchev–Trinajstić information content (AvgIpc) is 3.27. The van der Waals surface area contributed by atoms with Crippen LogP contribution in [0.3, 0.4) is 0 Å². The third-order valence-corrected chi connectivity index (χ3v) is 8.41. The number of Topliss-reactive ketones (excluding diaryl/α,β-unsaturated/α-hetero) is 1. The number of pyridine rings is 1. The lowest BCUT2D eigenvalue weighted by Crippen LogP contribution is -2.53. The lowest BCUT2D eigenvalue weighted by Gasteiger charge is -2.36. The minimum absolute atomic E-state index is 0.0392. The van der Waals surface area contributed by atoms with Gasteiger partial charge >= 0.3 is 0 Å². The number of hydrogen-bond acceptors (Lipinski definition) is 5. The largest absolute Gasteiger partial charge is 0.360 e. The number of hydrogen-bond donors (Lipinski definition) is 1. The van der Waals surface area contributed by atoms with Crippen LogP contribution in [0.25, 0.3) is 21.8 Å². The molecular weight excluding hydrogens is 436 g/mol. The number of ketones is 1. The molecule has 0 radical (unpaired) electrons. The number of para-hydroxylation sites is 2. The van der Waals surface area contributed by atoms with Gasteiger partial charge in [-0.15, -0.1) is 0 Å². The maximum absolute atomic E-state index is 13.4. The van der Waals surface area contributed by atoms with E-state index in [0.29, 0.717) is 37.3 Å². The van der Waals surface area contributed by atoms with Gasteiger partial charge in [-0.2, -0.15) is 4.31 Å². The first-order valence-electron chi connectivity index (χ1n) is 11.1. The van der Waals surface area contributed by atoms with Crippen molar-refractivity contribution in [1.82, 2.24) is 19.2 Å². The van der Waals surface area contributed by atoms with Gasteiger partial charge in [0.1, 0.15) is 4.90 Å². The van der Waals surface area contributed by atoms with Gasteiger partial charge in [-0.25, -0.2) is 8.42 Å². The molecule has 3 heterocycles. The number of aromatic amines is 1. The van der Waals surface area contributed by atoms with E-state index < -0.39 is 10.0 Å². The molecule has 1 aliphatic rings. The molecular formula is C25H26N4O3S. The van der Waals surface area contributed by atoms with Crippen LogP contribution in [-0.2, 0) is 10.0 Å². The molecule has 170 valence electrons. The lowest BCUT2D eigenvalue weighted by atomic mass is 10.0. The van der Waals surface area contributed by atoms with E-state index in [1.807, 2.05) is 50.2 Å². The summed E-state index contributed by atoms with van der Waals surface area (Å²) in [6, 6.07) is 14.6. The molecule has 5 rings (SSSR count). The normalized spacial score (nSPS) is 16.9. The first kappa shape index (κ1) is 21.8. The van der Waals surface area contributed by atoms with Gasteiger partial charge in [0.05, 0.1) is 11.6 Å². The van der Waals surface area contributed by atoms with Crippen LogP contribution in [-0.4, -0.2) is 65.6 Å². The summed E-state index contributed by atoms with van der Waals surface area (Å²) in [4.78, 5) is 23.0. The summed E-state index contributed by atoms with van der Waals surface area (Å²) < 4.78 is 28.4. The van der Waals surface area contributed by atoms with Crippen molar-refractivity contribution in [3.8, 4) is 0 Å². The number of sulfonamides is 1. The van der Waals surface area contributed by atoms with E-state index in [0.717, 1.165) is 21.9 Å². The number of carbonyl (C=O) groups is 1. The highest BCUT2D eigenvalue weighted by Crippen LogP contribution is 2.26. The lowest BCUT2D eigenvalue weighted by molar-refractivity contribution is 0.0784. The van der Waals surface area contributed by atoms with Crippen molar-refractivity contribution in [3.05, 3.63) is 72.1 Å². The molecule has 8 heteroatoms. The number of fused-ring (bicyclic) bond motifs is 2. The van der Waals surface area contributed by atoms with Gasteiger partial charge in [0, 0.05) is 60.4 Å². The number of nitrogens with zero attached hydrogens (tertiary/aromatic N) is 3. The second kappa shape index (κ2) is 8.37. The Bertz CT molecular complexity index is 1450. The molecule has 1 fully saturated rings. The summed E-state index contributed by atoms with van der Waals surface area (Å²) in [6.07, 6.45) is 3.46. The SMILES string of the molecule is Cc1cnc2c(S(=O)(=O)N3CCN(C(C)C(=O)c4c[nH]c5ccccc45)CC3)cccc2c1. The third kappa shape index (κ3) is 3.84.